The van der Waals surface area contributed by atoms with E-state index in [1.165, 1.54) is 0 Å². The number of rotatable bonds is 2. The molecule has 7 heteroatoms. The van der Waals surface area contributed by atoms with Crippen molar-refractivity contribution in [2.75, 3.05) is 0 Å². The molecular formula is C10H5Br2NO3S. The second-order valence-corrected chi connectivity index (χ2v) is 5.70. The first-order valence-electron chi connectivity index (χ1n) is 4.36. The maximum Gasteiger partial charge on any atom is 0.365 e. The Morgan fingerprint density at radius 3 is 2.35 bits per heavy atom. The number of hydrogen-bond donors (Lipinski definition) is 2. The average Bonchev–Trinajstić information content (AvgIpc) is 2.74. The number of hydrogen-bond acceptors (Lipinski definition) is 4. The molecule has 1 aromatic carbocycles. The van der Waals surface area contributed by atoms with Crippen molar-refractivity contribution in [2.24, 2.45) is 0 Å². The van der Waals surface area contributed by atoms with Crippen LogP contribution >= 0.6 is 43.2 Å². The minimum atomic E-state index is -1.04. The Hall–Kier alpha value is -0.920. The number of thiazole rings is 1. The van der Waals surface area contributed by atoms with Crippen LogP contribution in [-0.2, 0) is 0 Å². The number of carboxylic acids is 1. The zero-order valence-electron chi connectivity index (χ0n) is 8.15. The Morgan fingerprint density at radius 1 is 1.29 bits per heavy atom. The molecule has 88 valence electrons. The Balaban J connectivity index is 2.49. The molecule has 2 aromatic rings. The van der Waals surface area contributed by atoms with Crippen molar-refractivity contribution >= 4 is 49.2 Å². The highest BCUT2D eigenvalue weighted by molar-refractivity contribution is 9.11. The van der Waals surface area contributed by atoms with Crippen LogP contribution in [0.2, 0.25) is 0 Å². The minimum Gasteiger partial charge on any atom is -0.506 e. The standard InChI is InChI=1S/C10H5Br2NO3S/c11-5-1-4(2-6(12)8(5)14)7-3-17-9(13-7)10(15)16/h1-3,14H,(H,15,16). The number of benzene rings is 1. The normalized spacial score (nSPS) is 10.5. The Labute approximate surface area is 117 Å². The fraction of sp³-hybridized carbons (Fsp3) is 0. The van der Waals surface area contributed by atoms with E-state index in [-0.39, 0.29) is 10.8 Å². The summed E-state index contributed by atoms with van der Waals surface area (Å²) in [4.78, 5) is 14.7. The van der Waals surface area contributed by atoms with E-state index in [9.17, 15) is 9.90 Å². The zero-order chi connectivity index (χ0) is 12.6. The maximum atomic E-state index is 10.7. The molecule has 0 aliphatic rings. The smallest absolute Gasteiger partial charge is 0.365 e. The summed E-state index contributed by atoms with van der Waals surface area (Å²) < 4.78 is 1.04. The van der Waals surface area contributed by atoms with Crippen LogP contribution in [0.1, 0.15) is 9.80 Å². The second kappa shape index (κ2) is 4.75. The Bertz CT molecular complexity index is 574. The molecule has 0 aliphatic heterocycles. The molecule has 0 radical (unpaired) electrons. The van der Waals surface area contributed by atoms with Gasteiger partial charge in [0.1, 0.15) is 5.75 Å². The molecule has 1 aromatic heterocycles. The molecule has 4 nitrogen and oxygen atoms in total. The quantitative estimate of drug-likeness (QED) is 0.835. The zero-order valence-corrected chi connectivity index (χ0v) is 12.1. The Kier molecular flexibility index (Phi) is 3.50. The number of halogens is 2. The highest BCUT2D eigenvalue weighted by atomic mass is 79.9. The van der Waals surface area contributed by atoms with E-state index in [1.807, 2.05) is 0 Å². The molecule has 0 fully saturated rings. The van der Waals surface area contributed by atoms with Gasteiger partial charge in [0, 0.05) is 10.9 Å². The number of aromatic carboxylic acids is 1. The number of carbonyl (C=O) groups is 1. The van der Waals surface area contributed by atoms with E-state index >= 15 is 0 Å². The molecule has 0 spiro atoms. The SMILES string of the molecule is O=C(O)c1nc(-c2cc(Br)c(O)c(Br)c2)cs1. The third-order valence-electron chi connectivity index (χ3n) is 2.00. The first-order valence-corrected chi connectivity index (χ1v) is 6.83. The molecule has 0 saturated carbocycles. The van der Waals surface area contributed by atoms with Gasteiger partial charge in [-0.05, 0) is 44.0 Å². The molecule has 1 heterocycles. The van der Waals surface area contributed by atoms with Crippen LogP contribution in [0.5, 0.6) is 5.75 Å². The summed E-state index contributed by atoms with van der Waals surface area (Å²) in [5, 5.41) is 20.1. The number of nitrogens with zero attached hydrogens (tertiary/aromatic N) is 1. The van der Waals surface area contributed by atoms with E-state index in [1.54, 1.807) is 17.5 Å². The lowest BCUT2D eigenvalue weighted by atomic mass is 10.2. The van der Waals surface area contributed by atoms with E-state index in [0.29, 0.717) is 14.6 Å². The molecular weight excluding hydrogens is 374 g/mol. The van der Waals surface area contributed by atoms with Gasteiger partial charge in [-0.3, -0.25) is 0 Å². The summed E-state index contributed by atoms with van der Waals surface area (Å²) >= 11 is 7.48. The van der Waals surface area contributed by atoms with Crippen molar-refractivity contribution in [3.05, 3.63) is 31.5 Å². The van der Waals surface area contributed by atoms with Crippen molar-refractivity contribution in [3.8, 4) is 17.0 Å². The maximum absolute atomic E-state index is 10.7. The number of aromatic hydroxyl groups is 1. The van der Waals surface area contributed by atoms with Crippen LogP contribution in [-0.4, -0.2) is 21.2 Å². The monoisotopic (exact) mass is 377 g/mol. The van der Waals surface area contributed by atoms with Gasteiger partial charge in [-0.2, -0.15) is 0 Å². The molecule has 0 unspecified atom stereocenters. The molecule has 0 atom stereocenters. The van der Waals surface area contributed by atoms with Crippen molar-refractivity contribution < 1.29 is 15.0 Å². The fourth-order valence-corrected chi connectivity index (χ4v) is 3.07. The van der Waals surface area contributed by atoms with Crippen LogP contribution in [0, 0.1) is 0 Å². The molecule has 17 heavy (non-hydrogen) atoms. The van der Waals surface area contributed by atoms with Gasteiger partial charge in [0.05, 0.1) is 14.6 Å². The van der Waals surface area contributed by atoms with Gasteiger partial charge in [-0.1, -0.05) is 0 Å². The molecule has 2 N–H and O–H groups in total. The molecule has 0 saturated heterocycles. The van der Waals surface area contributed by atoms with E-state index in [0.717, 1.165) is 16.9 Å². The predicted octanol–water partition coefficient (Wildman–Crippen LogP) is 3.74. The summed E-state index contributed by atoms with van der Waals surface area (Å²) in [5.74, 6) is -0.944. The van der Waals surface area contributed by atoms with Crippen molar-refractivity contribution in [1.82, 2.24) is 4.98 Å². The topological polar surface area (TPSA) is 70.4 Å². The first-order chi connectivity index (χ1) is 7.99. The van der Waals surface area contributed by atoms with Gasteiger partial charge in [-0.25, -0.2) is 9.78 Å². The largest absolute Gasteiger partial charge is 0.506 e. The number of carboxylic acid groups (broad SMARTS) is 1. The predicted molar refractivity (Wildman–Crippen MR) is 71.6 cm³/mol. The fourth-order valence-electron chi connectivity index (χ4n) is 1.22. The van der Waals surface area contributed by atoms with Crippen LogP contribution in [0.25, 0.3) is 11.3 Å². The van der Waals surface area contributed by atoms with Gasteiger partial charge >= 0.3 is 5.97 Å². The van der Waals surface area contributed by atoms with Gasteiger partial charge in [0.25, 0.3) is 0 Å². The molecule has 0 bridgehead atoms. The molecule has 2 rings (SSSR count). The summed E-state index contributed by atoms with van der Waals surface area (Å²) in [7, 11) is 0. The van der Waals surface area contributed by atoms with Crippen LogP contribution in [0.3, 0.4) is 0 Å². The van der Waals surface area contributed by atoms with Crippen LogP contribution in [0.15, 0.2) is 26.5 Å². The Morgan fingerprint density at radius 2 is 1.88 bits per heavy atom. The van der Waals surface area contributed by atoms with E-state index < -0.39 is 5.97 Å². The number of phenolic OH excluding ortho intramolecular Hbond substituents is 1. The highest BCUT2D eigenvalue weighted by Crippen LogP contribution is 2.36. The highest BCUT2D eigenvalue weighted by Gasteiger charge is 2.13. The lowest BCUT2D eigenvalue weighted by Crippen LogP contribution is -1.94. The minimum absolute atomic E-state index is 0.0420. The van der Waals surface area contributed by atoms with Gasteiger partial charge in [-0.15, -0.1) is 11.3 Å². The molecule has 0 amide bonds. The van der Waals surface area contributed by atoms with Gasteiger partial charge in [0.2, 0.25) is 5.01 Å². The van der Waals surface area contributed by atoms with Crippen LogP contribution in [0.4, 0.5) is 0 Å². The van der Waals surface area contributed by atoms with Crippen molar-refractivity contribution in [3.63, 3.8) is 0 Å². The van der Waals surface area contributed by atoms with Crippen molar-refractivity contribution in [1.29, 1.82) is 0 Å². The lowest BCUT2D eigenvalue weighted by Gasteiger charge is -2.03. The number of phenols is 1. The summed E-state index contributed by atoms with van der Waals surface area (Å²) in [5.41, 5.74) is 1.29. The third kappa shape index (κ3) is 2.51. The van der Waals surface area contributed by atoms with Gasteiger partial charge < -0.3 is 10.2 Å². The second-order valence-electron chi connectivity index (χ2n) is 3.13. The number of aromatic nitrogens is 1. The summed E-state index contributed by atoms with van der Waals surface area (Å²) in [6, 6.07) is 3.36. The molecule has 0 aliphatic carbocycles. The van der Waals surface area contributed by atoms with Crippen LogP contribution < -0.4 is 0 Å². The summed E-state index contributed by atoms with van der Waals surface area (Å²) in [6.45, 7) is 0. The van der Waals surface area contributed by atoms with Crippen molar-refractivity contribution in [2.45, 2.75) is 0 Å². The van der Waals surface area contributed by atoms with E-state index in [2.05, 4.69) is 36.8 Å². The average molecular weight is 379 g/mol. The third-order valence-corrected chi connectivity index (χ3v) is 4.04. The lowest BCUT2D eigenvalue weighted by molar-refractivity contribution is 0.0696. The first kappa shape index (κ1) is 12.5. The van der Waals surface area contributed by atoms with E-state index in [4.69, 9.17) is 5.11 Å². The van der Waals surface area contributed by atoms with Gasteiger partial charge in [0.15, 0.2) is 0 Å². The summed E-state index contributed by atoms with van der Waals surface area (Å²) in [6.07, 6.45) is 0.